The Morgan fingerprint density at radius 3 is 2.10 bits per heavy atom. The van der Waals surface area contributed by atoms with Crippen LogP contribution in [0.2, 0.25) is 0 Å². The second-order valence-corrected chi connectivity index (χ2v) is 7.01. The fourth-order valence-corrected chi connectivity index (χ4v) is 2.83. The first-order valence-corrected chi connectivity index (χ1v) is 9.37. The summed E-state index contributed by atoms with van der Waals surface area (Å²) >= 11 is 0. The number of aliphatic hydroxyl groups is 1. The van der Waals surface area contributed by atoms with Gasteiger partial charge in [-0.05, 0) is 12.0 Å². The highest BCUT2D eigenvalue weighted by atomic mass is 16.4. The highest BCUT2D eigenvalue weighted by molar-refractivity contribution is 5.94. The number of carbonyl (C=O) groups excluding carboxylic acids is 4. The van der Waals surface area contributed by atoms with Crippen molar-refractivity contribution in [3.05, 3.63) is 35.9 Å². The maximum absolute atomic E-state index is 12.4. The molecule has 0 heterocycles. The third-order valence-corrected chi connectivity index (χ3v) is 4.49. The summed E-state index contributed by atoms with van der Waals surface area (Å²) in [5.74, 6) is -5.98. The second-order valence-electron chi connectivity index (χ2n) is 7.01. The largest absolute Gasteiger partial charge is 0.481 e. The van der Waals surface area contributed by atoms with Gasteiger partial charge in [-0.1, -0.05) is 30.3 Å². The van der Waals surface area contributed by atoms with Gasteiger partial charge in [0, 0.05) is 19.3 Å². The van der Waals surface area contributed by atoms with Crippen molar-refractivity contribution in [2.45, 2.75) is 31.7 Å². The molecule has 164 valence electrons. The first-order valence-electron chi connectivity index (χ1n) is 9.37. The van der Waals surface area contributed by atoms with E-state index in [4.69, 9.17) is 16.6 Å². The van der Waals surface area contributed by atoms with E-state index in [1.807, 2.05) is 0 Å². The Morgan fingerprint density at radius 2 is 1.57 bits per heavy atom. The van der Waals surface area contributed by atoms with Gasteiger partial charge >= 0.3 is 5.97 Å². The SMILES string of the molecule is NC(=O)C[C@H](CC(=O)C[C@@H](Cc1ccccc1)C(=O)O)C(=O)NCC(=O)[C@@H](N)CO. The normalized spacial score (nSPS) is 13.7. The molecule has 2 amide bonds. The number of rotatable bonds is 14. The van der Waals surface area contributed by atoms with Crippen molar-refractivity contribution >= 4 is 29.4 Å². The molecule has 1 aromatic rings. The van der Waals surface area contributed by atoms with E-state index >= 15 is 0 Å². The summed E-state index contributed by atoms with van der Waals surface area (Å²) in [4.78, 5) is 59.1. The van der Waals surface area contributed by atoms with E-state index in [2.05, 4.69) is 5.32 Å². The lowest BCUT2D eigenvalue weighted by Crippen LogP contribution is -2.44. The highest BCUT2D eigenvalue weighted by Gasteiger charge is 2.28. The Balaban J connectivity index is 2.74. The number of hydrogen-bond acceptors (Lipinski definition) is 7. The Labute approximate surface area is 173 Å². The molecule has 0 aliphatic rings. The Hall–Kier alpha value is -3.11. The monoisotopic (exact) mass is 421 g/mol. The number of Topliss-reactive ketones (excluding diaryl/α,β-unsaturated/α-hetero) is 2. The zero-order chi connectivity index (χ0) is 22.7. The topological polar surface area (TPSA) is 190 Å². The molecule has 0 saturated carbocycles. The van der Waals surface area contributed by atoms with Crippen LogP contribution < -0.4 is 16.8 Å². The van der Waals surface area contributed by atoms with E-state index in [1.165, 1.54) is 0 Å². The van der Waals surface area contributed by atoms with Crippen LogP contribution in [-0.4, -0.2) is 58.8 Å². The summed E-state index contributed by atoms with van der Waals surface area (Å²) in [5.41, 5.74) is 11.2. The van der Waals surface area contributed by atoms with Crippen molar-refractivity contribution < 1.29 is 34.2 Å². The number of benzene rings is 1. The molecule has 0 aliphatic carbocycles. The van der Waals surface area contributed by atoms with Crippen LogP contribution in [0.1, 0.15) is 24.8 Å². The third kappa shape index (κ3) is 8.93. The number of hydrogen-bond donors (Lipinski definition) is 5. The maximum Gasteiger partial charge on any atom is 0.307 e. The molecule has 10 nitrogen and oxygen atoms in total. The van der Waals surface area contributed by atoms with Gasteiger partial charge in [0.15, 0.2) is 5.78 Å². The van der Waals surface area contributed by atoms with Crippen LogP contribution >= 0.6 is 0 Å². The Morgan fingerprint density at radius 1 is 0.967 bits per heavy atom. The van der Waals surface area contributed by atoms with Crippen molar-refractivity contribution in [3.63, 3.8) is 0 Å². The molecule has 30 heavy (non-hydrogen) atoms. The number of carbonyl (C=O) groups is 5. The van der Waals surface area contributed by atoms with Crippen molar-refractivity contribution in [2.75, 3.05) is 13.2 Å². The summed E-state index contributed by atoms with van der Waals surface area (Å²) in [7, 11) is 0. The van der Waals surface area contributed by atoms with Crippen molar-refractivity contribution in [1.29, 1.82) is 0 Å². The van der Waals surface area contributed by atoms with E-state index in [1.54, 1.807) is 30.3 Å². The second kappa shape index (κ2) is 12.5. The number of primary amides is 1. The number of carboxylic acids is 1. The van der Waals surface area contributed by atoms with Crippen LogP contribution in [0.5, 0.6) is 0 Å². The van der Waals surface area contributed by atoms with E-state index in [-0.39, 0.29) is 12.8 Å². The molecule has 1 aromatic carbocycles. The Kier molecular flexibility index (Phi) is 10.3. The van der Waals surface area contributed by atoms with Crippen molar-refractivity contribution in [2.24, 2.45) is 23.3 Å². The number of aliphatic hydroxyl groups excluding tert-OH is 1. The van der Waals surface area contributed by atoms with Gasteiger partial charge in [0.25, 0.3) is 0 Å². The number of nitrogens with one attached hydrogen (secondary N) is 1. The molecule has 0 unspecified atom stereocenters. The summed E-state index contributed by atoms with van der Waals surface area (Å²) < 4.78 is 0. The van der Waals surface area contributed by atoms with E-state index in [9.17, 15) is 29.1 Å². The zero-order valence-electron chi connectivity index (χ0n) is 16.5. The van der Waals surface area contributed by atoms with Gasteiger partial charge in [-0.2, -0.15) is 0 Å². The van der Waals surface area contributed by atoms with Crippen LogP contribution in [0.25, 0.3) is 0 Å². The quantitative estimate of drug-likeness (QED) is 0.247. The van der Waals surface area contributed by atoms with E-state index in [0.717, 1.165) is 5.56 Å². The van der Waals surface area contributed by atoms with Gasteiger partial charge in [-0.25, -0.2) is 0 Å². The van der Waals surface area contributed by atoms with Crippen LogP contribution in [0, 0.1) is 11.8 Å². The molecule has 1 rings (SSSR count). The van der Waals surface area contributed by atoms with Gasteiger partial charge < -0.3 is 27.0 Å². The van der Waals surface area contributed by atoms with E-state index < -0.39 is 73.2 Å². The van der Waals surface area contributed by atoms with Gasteiger partial charge in [-0.15, -0.1) is 0 Å². The lowest BCUT2D eigenvalue weighted by molar-refractivity contribution is -0.144. The zero-order valence-corrected chi connectivity index (χ0v) is 16.5. The molecule has 3 atom stereocenters. The standard InChI is InChI=1S/C20H27N3O7/c21-16(11-24)17(26)10-23-19(28)13(9-18(22)27)7-15(25)8-14(20(29)30)6-12-4-2-1-3-5-12/h1-5,13-14,16,24H,6-11,21H2,(H2,22,27)(H,23,28)(H,29,30)/t13-,14+,16-/m0/s1. The summed E-state index contributed by atoms with van der Waals surface area (Å²) in [5, 5.41) is 20.5. The molecule has 0 bridgehead atoms. The first-order chi connectivity index (χ1) is 14.1. The lowest BCUT2D eigenvalue weighted by atomic mass is 9.89. The lowest BCUT2D eigenvalue weighted by Gasteiger charge is -2.17. The minimum atomic E-state index is -1.16. The van der Waals surface area contributed by atoms with Crippen molar-refractivity contribution in [3.8, 4) is 0 Å². The predicted octanol–water partition coefficient (Wildman–Crippen LogP) is -1.22. The number of aliphatic carboxylic acids is 1. The predicted molar refractivity (Wildman–Crippen MR) is 106 cm³/mol. The van der Waals surface area contributed by atoms with Crippen molar-refractivity contribution in [1.82, 2.24) is 5.32 Å². The molecule has 0 spiro atoms. The molecule has 0 saturated heterocycles. The molecule has 0 aromatic heterocycles. The molecular formula is C20H27N3O7. The summed E-state index contributed by atoms with van der Waals surface area (Å²) in [6.07, 6.45) is -1.01. The van der Waals surface area contributed by atoms with Crippen LogP contribution in [0.15, 0.2) is 30.3 Å². The average Bonchev–Trinajstić information content (AvgIpc) is 2.70. The maximum atomic E-state index is 12.4. The minimum absolute atomic E-state index is 0.141. The molecule has 10 heteroatoms. The number of ketones is 2. The smallest absolute Gasteiger partial charge is 0.307 e. The Bertz CT molecular complexity index is 767. The van der Waals surface area contributed by atoms with Gasteiger partial charge in [0.05, 0.1) is 31.0 Å². The van der Waals surface area contributed by atoms with Gasteiger partial charge in [0.1, 0.15) is 5.78 Å². The first kappa shape index (κ1) is 24.9. The fraction of sp³-hybridized carbons (Fsp3) is 0.450. The fourth-order valence-electron chi connectivity index (χ4n) is 2.83. The molecular weight excluding hydrogens is 394 g/mol. The van der Waals surface area contributed by atoms with Gasteiger partial charge in [-0.3, -0.25) is 24.0 Å². The summed E-state index contributed by atoms with van der Waals surface area (Å²) in [6.45, 7) is -1.06. The van der Waals surface area contributed by atoms with Crippen LogP contribution in [0.3, 0.4) is 0 Å². The van der Waals surface area contributed by atoms with Crippen LogP contribution in [-0.2, 0) is 30.4 Å². The van der Waals surface area contributed by atoms with Gasteiger partial charge in [0.2, 0.25) is 11.8 Å². The molecule has 0 fully saturated rings. The highest BCUT2D eigenvalue weighted by Crippen LogP contribution is 2.18. The summed E-state index contributed by atoms with van der Waals surface area (Å²) in [6, 6.07) is 7.64. The average molecular weight is 421 g/mol. The minimum Gasteiger partial charge on any atom is -0.481 e. The third-order valence-electron chi connectivity index (χ3n) is 4.49. The molecule has 0 radical (unpaired) electrons. The number of carboxylic acid groups (broad SMARTS) is 1. The van der Waals surface area contributed by atoms with Crippen LogP contribution in [0.4, 0.5) is 0 Å². The number of amides is 2. The number of nitrogens with two attached hydrogens (primary N) is 2. The molecule has 0 aliphatic heterocycles. The van der Waals surface area contributed by atoms with E-state index in [0.29, 0.717) is 0 Å². The molecule has 7 N–H and O–H groups in total.